The van der Waals surface area contributed by atoms with E-state index in [1.165, 1.54) is 0 Å². The van der Waals surface area contributed by atoms with Gasteiger partial charge in [0.1, 0.15) is 11.5 Å². The van der Waals surface area contributed by atoms with Crippen molar-refractivity contribution in [3.63, 3.8) is 0 Å². The van der Waals surface area contributed by atoms with Gasteiger partial charge in [0.05, 0.1) is 19.8 Å². The lowest BCUT2D eigenvalue weighted by Gasteiger charge is -2.39. The van der Waals surface area contributed by atoms with Gasteiger partial charge in [-0.25, -0.2) is 0 Å². The van der Waals surface area contributed by atoms with Gasteiger partial charge in [-0.1, -0.05) is 6.42 Å². The van der Waals surface area contributed by atoms with Crippen molar-refractivity contribution >= 4 is 5.78 Å². The lowest BCUT2D eigenvalue weighted by Crippen LogP contribution is -2.44. The normalized spacial score (nSPS) is 16.8. The van der Waals surface area contributed by atoms with Crippen LogP contribution in [0, 0.1) is 5.41 Å². The largest absolute Gasteiger partial charge is 0.497 e. The van der Waals surface area contributed by atoms with E-state index in [0.717, 1.165) is 19.3 Å². The van der Waals surface area contributed by atoms with E-state index in [0.29, 0.717) is 23.6 Å². The summed E-state index contributed by atoms with van der Waals surface area (Å²) >= 11 is 0. The second-order valence-corrected chi connectivity index (χ2v) is 4.73. The van der Waals surface area contributed by atoms with Crippen molar-refractivity contribution in [3.05, 3.63) is 23.8 Å². The second-order valence-electron chi connectivity index (χ2n) is 4.73. The van der Waals surface area contributed by atoms with E-state index in [-0.39, 0.29) is 11.2 Å². The minimum Gasteiger partial charge on any atom is -0.497 e. The molecule has 0 saturated heterocycles. The topological polar surface area (TPSA) is 61.5 Å². The van der Waals surface area contributed by atoms with Crippen LogP contribution in [-0.4, -0.2) is 26.5 Å². The molecular weight excluding hydrogens is 230 g/mol. The molecule has 0 bridgehead atoms. The third-order valence-electron chi connectivity index (χ3n) is 3.83. The predicted molar refractivity (Wildman–Crippen MR) is 69.2 cm³/mol. The fraction of sp³-hybridized carbons (Fsp3) is 0.500. The summed E-state index contributed by atoms with van der Waals surface area (Å²) in [6.07, 6.45) is 2.79. The standard InChI is InChI=1S/C14H19NO3/c1-17-10-4-5-12(18-2)11(8-10)13(16)14(9-15)6-3-7-14/h4-5,8H,3,6-7,9,15H2,1-2H3. The zero-order valence-corrected chi connectivity index (χ0v) is 10.9. The predicted octanol–water partition coefficient (Wildman–Crippen LogP) is 2.02. The Morgan fingerprint density at radius 3 is 2.50 bits per heavy atom. The van der Waals surface area contributed by atoms with Crippen molar-refractivity contribution in [1.82, 2.24) is 0 Å². The van der Waals surface area contributed by atoms with Crippen molar-refractivity contribution in [1.29, 1.82) is 0 Å². The van der Waals surface area contributed by atoms with Crippen LogP contribution in [0.5, 0.6) is 11.5 Å². The summed E-state index contributed by atoms with van der Waals surface area (Å²) in [5.74, 6) is 1.32. The molecule has 0 aliphatic heterocycles. The number of Topliss-reactive ketones (excluding diaryl/α,β-unsaturated/α-hetero) is 1. The van der Waals surface area contributed by atoms with E-state index in [2.05, 4.69) is 0 Å². The Labute approximate surface area is 107 Å². The minimum atomic E-state index is -0.389. The van der Waals surface area contributed by atoms with Crippen molar-refractivity contribution in [2.24, 2.45) is 11.1 Å². The number of nitrogens with two attached hydrogens (primary N) is 1. The minimum absolute atomic E-state index is 0.0759. The van der Waals surface area contributed by atoms with Gasteiger partial charge in [-0.3, -0.25) is 4.79 Å². The molecule has 98 valence electrons. The number of ketones is 1. The smallest absolute Gasteiger partial charge is 0.174 e. The summed E-state index contributed by atoms with van der Waals surface area (Å²) in [5, 5.41) is 0. The van der Waals surface area contributed by atoms with Crippen LogP contribution < -0.4 is 15.2 Å². The van der Waals surface area contributed by atoms with E-state index < -0.39 is 0 Å². The number of hydrogen-bond donors (Lipinski definition) is 1. The number of carbonyl (C=O) groups is 1. The van der Waals surface area contributed by atoms with Crippen LogP contribution in [0.15, 0.2) is 18.2 Å². The molecule has 0 aromatic heterocycles. The maximum Gasteiger partial charge on any atom is 0.174 e. The molecule has 1 aliphatic rings. The lowest BCUT2D eigenvalue weighted by atomic mass is 9.64. The van der Waals surface area contributed by atoms with Crippen LogP contribution in [0.1, 0.15) is 29.6 Å². The Morgan fingerprint density at radius 2 is 2.06 bits per heavy atom. The first-order valence-corrected chi connectivity index (χ1v) is 6.14. The van der Waals surface area contributed by atoms with E-state index in [1.807, 2.05) is 0 Å². The first-order valence-electron chi connectivity index (χ1n) is 6.14. The Kier molecular flexibility index (Phi) is 3.57. The average molecular weight is 249 g/mol. The summed E-state index contributed by atoms with van der Waals surface area (Å²) in [5.41, 5.74) is 5.96. The number of carbonyl (C=O) groups excluding carboxylic acids is 1. The molecule has 18 heavy (non-hydrogen) atoms. The number of ether oxygens (including phenoxy) is 2. The molecule has 0 amide bonds. The molecule has 0 spiro atoms. The number of rotatable bonds is 5. The van der Waals surface area contributed by atoms with Crippen molar-refractivity contribution in [2.45, 2.75) is 19.3 Å². The van der Waals surface area contributed by atoms with Crippen LogP contribution in [0.2, 0.25) is 0 Å². The van der Waals surface area contributed by atoms with Crippen LogP contribution in [0.3, 0.4) is 0 Å². The highest BCUT2D eigenvalue weighted by Gasteiger charge is 2.44. The SMILES string of the molecule is COc1ccc(OC)c(C(=O)C2(CN)CCC2)c1. The molecule has 1 aromatic carbocycles. The highest BCUT2D eigenvalue weighted by Crippen LogP contribution is 2.44. The maximum atomic E-state index is 12.6. The molecule has 0 radical (unpaired) electrons. The van der Waals surface area contributed by atoms with Crippen molar-refractivity contribution < 1.29 is 14.3 Å². The van der Waals surface area contributed by atoms with Crippen LogP contribution in [-0.2, 0) is 0 Å². The van der Waals surface area contributed by atoms with E-state index >= 15 is 0 Å². The van der Waals surface area contributed by atoms with Crippen molar-refractivity contribution in [2.75, 3.05) is 20.8 Å². The summed E-state index contributed by atoms with van der Waals surface area (Å²) in [7, 11) is 3.15. The molecule has 4 heteroatoms. The zero-order valence-electron chi connectivity index (χ0n) is 10.9. The Balaban J connectivity index is 2.39. The molecule has 1 aromatic rings. The lowest BCUT2D eigenvalue weighted by molar-refractivity contribution is 0.0632. The number of methoxy groups -OCH3 is 2. The molecule has 1 saturated carbocycles. The molecule has 2 rings (SSSR count). The molecule has 0 unspecified atom stereocenters. The first-order chi connectivity index (χ1) is 8.66. The molecule has 1 fully saturated rings. The highest BCUT2D eigenvalue weighted by atomic mass is 16.5. The number of benzene rings is 1. The van der Waals surface area contributed by atoms with E-state index in [1.54, 1.807) is 32.4 Å². The summed E-state index contributed by atoms with van der Waals surface area (Å²) < 4.78 is 10.4. The molecule has 0 atom stereocenters. The van der Waals surface area contributed by atoms with Gasteiger partial charge in [0.2, 0.25) is 0 Å². The van der Waals surface area contributed by atoms with Gasteiger partial charge >= 0.3 is 0 Å². The fourth-order valence-electron chi connectivity index (χ4n) is 2.40. The Bertz CT molecular complexity index is 447. The monoisotopic (exact) mass is 249 g/mol. The van der Waals surface area contributed by atoms with Gasteiger partial charge in [0.15, 0.2) is 5.78 Å². The Morgan fingerprint density at radius 1 is 1.33 bits per heavy atom. The third kappa shape index (κ3) is 1.97. The van der Waals surface area contributed by atoms with Gasteiger partial charge in [0.25, 0.3) is 0 Å². The summed E-state index contributed by atoms with van der Waals surface area (Å²) in [6.45, 7) is 0.395. The van der Waals surface area contributed by atoms with Gasteiger partial charge in [-0.05, 0) is 31.0 Å². The Hall–Kier alpha value is -1.55. The summed E-state index contributed by atoms with van der Waals surface area (Å²) in [6, 6.07) is 5.28. The fourth-order valence-corrected chi connectivity index (χ4v) is 2.40. The molecule has 0 heterocycles. The van der Waals surface area contributed by atoms with E-state index in [4.69, 9.17) is 15.2 Å². The van der Waals surface area contributed by atoms with Crippen LogP contribution in [0.25, 0.3) is 0 Å². The van der Waals surface area contributed by atoms with E-state index in [9.17, 15) is 4.79 Å². The second kappa shape index (κ2) is 4.98. The average Bonchev–Trinajstić information content (AvgIpc) is 2.37. The van der Waals surface area contributed by atoms with Gasteiger partial charge in [-0.2, -0.15) is 0 Å². The molecular formula is C14H19NO3. The van der Waals surface area contributed by atoms with Gasteiger partial charge < -0.3 is 15.2 Å². The highest BCUT2D eigenvalue weighted by molar-refractivity contribution is 6.03. The third-order valence-corrected chi connectivity index (χ3v) is 3.83. The van der Waals surface area contributed by atoms with Gasteiger partial charge in [-0.15, -0.1) is 0 Å². The summed E-state index contributed by atoms with van der Waals surface area (Å²) in [4.78, 5) is 12.6. The van der Waals surface area contributed by atoms with Crippen molar-refractivity contribution in [3.8, 4) is 11.5 Å². The first kappa shape index (κ1) is 12.9. The van der Waals surface area contributed by atoms with Crippen LogP contribution in [0.4, 0.5) is 0 Å². The maximum absolute atomic E-state index is 12.6. The van der Waals surface area contributed by atoms with Gasteiger partial charge in [0, 0.05) is 12.0 Å². The number of hydrogen-bond acceptors (Lipinski definition) is 4. The molecule has 1 aliphatic carbocycles. The molecule has 2 N–H and O–H groups in total. The quantitative estimate of drug-likeness (QED) is 0.811. The zero-order chi connectivity index (χ0) is 13.2. The molecule has 4 nitrogen and oxygen atoms in total. The van der Waals surface area contributed by atoms with Crippen LogP contribution >= 0.6 is 0 Å².